The molecule has 35 heavy (non-hydrogen) atoms. The first-order valence-corrected chi connectivity index (χ1v) is 12.8. The number of rotatable bonds is 11. The normalized spacial score (nSPS) is 13.9. The van der Waals surface area contributed by atoms with E-state index < -0.39 is 31.7 Å². The van der Waals surface area contributed by atoms with Gasteiger partial charge in [-0.2, -0.15) is 0 Å². The molecule has 0 aromatic heterocycles. The molecule has 0 saturated carbocycles. The van der Waals surface area contributed by atoms with Crippen LogP contribution in [0.15, 0.2) is 30.3 Å². The molecule has 0 aliphatic heterocycles. The molecule has 0 aliphatic carbocycles. The number of phenols is 1. The van der Waals surface area contributed by atoms with Gasteiger partial charge in [0.1, 0.15) is 11.8 Å². The van der Waals surface area contributed by atoms with Crippen LogP contribution in [-0.4, -0.2) is 34.7 Å². The van der Waals surface area contributed by atoms with Gasteiger partial charge in [0, 0.05) is 12.5 Å². The van der Waals surface area contributed by atoms with Gasteiger partial charge >= 0.3 is 14.4 Å². The molecule has 0 spiro atoms. The van der Waals surface area contributed by atoms with Gasteiger partial charge in [-0.05, 0) is 85.5 Å². The van der Waals surface area contributed by atoms with Gasteiger partial charge in [0.05, 0.1) is 12.2 Å². The maximum Gasteiger partial charge on any atom is 0.364 e. The van der Waals surface area contributed by atoms with Gasteiger partial charge in [-0.15, -0.1) is 0 Å². The largest absolute Gasteiger partial charge is 0.507 e. The highest BCUT2D eigenvalue weighted by molar-refractivity contribution is 7.25. The molecule has 2 aromatic carbocycles. The van der Waals surface area contributed by atoms with Crippen LogP contribution in [-0.2, 0) is 25.9 Å². The van der Waals surface area contributed by atoms with E-state index in [1.807, 2.05) is 46.8 Å². The van der Waals surface area contributed by atoms with Gasteiger partial charge in [-0.3, -0.25) is 4.79 Å². The number of carbonyl (C=O) groups excluding carboxylic acids is 2. The minimum absolute atomic E-state index is 0.0852. The number of nitrogens with one attached hydrogen (secondary N) is 1. The molecular weight excluding hydrogens is 465 g/mol. The van der Waals surface area contributed by atoms with Crippen molar-refractivity contribution in [2.24, 2.45) is 5.92 Å². The summed E-state index contributed by atoms with van der Waals surface area (Å²) in [6.45, 7) is 11.4. The summed E-state index contributed by atoms with van der Waals surface area (Å²) < 4.78 is 16.6. The second-order valence-electron chi connectivity index (χ2n) is 9.61. The third kappa shape index (κ3) is 7.61. The second-order valence-corrected chi connectivity index (χ2v) is 10.8. The minimum Gasteiger partial charge on any atom is -0.507 e. The monoisotopic (exact) mass is 502 g/mol. The molecule has 2 rings (SSSR count). The van der Waals surface area contributed by atoms with Crippen molar-refractivity contribution in [1.29, 1.82) is 0 Å². The number of aryl methyl sites for hydroxylation is 2. The van der Waals surface area contributed by atoms with E-state index in [4.69, 9.17) is 4.74 Å². The molecule has 2 aromatic rings. The van der Waals surface area contributed by atoms with Gasteiger partial charge < -0.3 is 20.3 Å². The Balaban J connectivity index is 2.30. The fraction of sp³-hybridized carbons (Fsp3) is 0.481. The molecule has 1 amide bonds. The molecule has 0 fully saturated rings. The molecule has 3 N–H and O–H groups in total. The molecule has 0 aliphatic rings. The SMILES string of the molecule is CCCOC(=O)C(CC(C)C)NC(=O)c1cc(Cc2c(C)cc(C(C)(O)[PH+]=O)cc2C)ccc1O. The predicted octanol–water partition coefficient (Wildman–Crippen LogP) is 4.89. The van der Waals surface area contributed by atoms with E-state index >= 15 is 0 Å². The molecular formula is C27H37NO6P+. The molecule has 0 radical (unpaired) electrons. The first-order valence-electron chi connectivity index (χ1n) is 11.9. The maximum absolute atomic E-state index is 13.0. The van der Waals surface area contributed by atoms with Crippen molar-refractivity contribution in [2.75, 3.05) is 6.61 Å². The van der Waals surface area contributed by atoms with E-state index in [1.165, 1.54) is 13.0 Å². The van der Waals surface area contributed by atoms with E-state index in [2.05, 4.69) is 5.32 Å². The van der Waals surface area contributed by atoms with Crippen LogP contribution in [0.25, 0.3) is 0 Å². The average Bonchev–Trinajstić information content (AvgIpc) is 2.79. The van der Waals surface area contributed by atoms with E-state index in [-0.39, 0.29) is 23.8 Å². The van der Waals surface area contributed by atoms with E-state index in [0.717, 1.165) is 22.3 Å². The lowest BCUT2D eigenvalue weighted by molar-refractivity contribution is -0.146. The number of hydrogen-bond donors (Lipinski definition) is 3. The Kier molecular flexibility index (Phi) is 9.99. The van der Waals surface area contributed by atoms with Crippen molar-refractivity contribution in [1.82, 2.24) is 5.32 Å². The second kappa shape index (κ2) is 12.3. The summed E-state index contributed by atoms with van der Waals surface area (Å²) in [5, 5.41) is 22.0. The Hall–Kier alpha value is -2.76. The summed E-state index contributed by atoms with van der Waals surface area (Å²) >= 11 is 0. The topological polar surface area (TPSA) is 113 Å². The van der Waals surface area contributed by atoms with Crippen LogP contribution in [0.1, 0.15) is 78.7 Å². The zero-order chi connectivity index (χ0) is 26.3. The smallest absolute Gasteiger partial charge is 0.364 e. The van der Waals surface area contributed by atoms with Crippen LogP contribution in [0.2, 0.25) is 0 Å². The Labute approximate surface area is 209 Å². The average molecular weight is 503 g/mol. The molecule has 0 saturated heterocycles. The highest BCUT2D eigenvalue weighted by atomic mass is 31.1. The van der Waals surface area contributed by atoms with Crippen LogP contribution in [0.4, 0.5) is 0 Å². The van der Waals surface area contributed by atoms with Crippen LogP contribution in [0.5, 0.6) is 5.75 Å². The number of ether oxygens (including phenoxy) is 1. The van der Waals surface area contributed by atoms with Crippen LogP contribution in [0.3, 0.4) is 0 Å². The number of esters is 1. The van der Waals surface area contributed by atoms with Gasteiger partial charge in [-0.1, -0.05) is 31.4 Å². The molecule has 3 atom stereocenters. The summed E-state index contributed by atoms with van der Waals surface area (Å²) in [7, 11) is -0.888. The number of benzene rings is 2. The van der Waals surface area contributed by atoms with Gasteiger partial charge in [-0.25, -0.2) is 4.79 Å². The Bertz CT molecular complexity index is 1060. The molecule has 0 heterocycles. The summed E-state index contributed by atoms with van der Waals surface area (Å²) in [6.07, 6.45) is 1.60. The lowest BCUT2D eigenvalue weighted by atomic mass is 9.92. The molecule has 190 valence electrons. The van der Waals surface area contributed by atoms with Crippen LogP contribution >= 0.6 is 8.46 Å². The number of carbonyl (C=O) groups is 2. The predicted molar refractivity (Wildman–Crippen MR) is 137 cm³/mol. The van der Waals surface area contributed by atoms with E-state index in [9.17, 15) is 24.4 Å². The van der Waals surface area contributed by atoms with Crippen LogP contribution in [0, 0.1) is 19.8 Å². The highest BCUT2D eigenvalue weighted by Crippen LogP contribution is 2.34. The van der Waals surface area contributed by atoms with Gasteiger partial charge in [0.25, 0.3) is 11.2 Å². The summed E-state index contributed by atoms with van der Waals surface area (Å²) in [6, 6.07) is 7.67. The molecule has 8 heteroatoms. The molecule has 3 unspecified atom stereocenters. The summed E-state index contributed by atoms with van der Waals surface area (Å²) in [5.41, 5.74) is 4.33. The lowest BCUT2D eigenvalue weighted by Gasteiger charge is -2.20. The fourth-order valence-corrected chi connectivity index (χ4v) is 4.18. The zero-order valence-electron chi connectivity index (χ0n) is 21.4. The Morgan fingerprint density at radius 3 is 2.31 bits per heavy atom. The number of aromatic hydroxyl groups is 1. The fourth-order valence-electron chi connectivity index (χ4n) is 3.92. The first kappa shape index (κ1) is 28.5. The number of hydrogen-bond acceptors (Lipinski definition) is 6. The standard InChI is InChI=1S/C27H36NO6P/c1-7-10-34-26(31)23(11-16(2)3)28-25(30)22-15-19(8-9-24(22)29)14-21-17(4)12-20(13-18(21)5)27(6,32)35-33/h8-9,12-13,15-16,23,29,32H,7,10-11,14H2,1-6H3,(H,28,30)/p+1. The van der Waals surface area contributed by atoms with Crippen molar-refractivity contribution in [2.45, 2.75) is 72.2 Å². The summed E-state index contributed by atoms with van der Waals surface area (Å²) in [4.78, 5) is 25.5. The van der Waals surface area contributed by atoms with Crippen molar-refractivity contribution >= 4 is 20.3 Å². The third-order valence-corrected chi connectivity index (χ3v) is 6.57. The lowest BCUT2D eigenvalue weighted by Crippen LogP contribution is -2.42. The third-order valence-electron chi connectivity index (χ3n) is 5.89. The summed E-state index contributed by atoms with van der Waals surface area (Å²) in [5.74, 6) is -1.04. The van der Waals surface area contributed by atoms with Gasteiger partial charge in [0.2, 0.25) is 0 Å². The highest BCUT2D eigenvalue weighted by Gasteiger charge is 2.33. The quantitative estimate of drug-likeness (QED) is 0.298. The molecule has 7 nitrogen and oxygen atoms in total. The minimum atomic E-state index is -1.41. The van der Waals surface area contributed by atoms with E-state index in [1.54, 1.807) is 12.1 Å². The Morgan fingerprint density at radius 2 is 1.77 bits per heavy atom. The van der Waals surface area contributed by atoms with Crippen molar-refractivity contribution in [3.8, 4) is 5.75 Å². The molecule has 0 bridgehead atoms. The van der Waals surface area contributed by atoms with Crippen LogP contribution < -0.4 is 5.32 Å². The zero-order valence-corrected chi connectivity index (χ0v) is 22.4. The number of phenolic OH excluding ortho intramolecular Hbond substituents is 1. The van der Waals surface area contributed by atoms with E-state index in [0.29, 0.717) is 24.8 Å². The Morgan fingerprint density at radius 1 is 1.14 bits per heavy atom. The van der Waals surface area contributed by atoms with Crippen molar-refractivity contribution in [3.05, 3.63) is 63.7 Å². The number of amides is 1. The first-order chi connectivity index (χ1) is 16.4. The number of aliphatic hydroxyl groups is 1. The maximum atomic E-state index is 13.0. The van der Waals surface area contributed by atoms with Crippen molar-refractivity contribution < 1.29 is 29.1 Å². The van der Waals surface area contributed by atoms with Gasteiger partial charge in [0.15, 0.2) is 0 Å². The van der Waals surface area contributed by atoms with Crippen molar-refractivity contribution in [3.63, 3.8) is 0 Å².